The molecule has 0 unspecified atom stereocenters. The minimum absolute atomic E-state index is 0.159. The average molecular weight is 290 g/mol. The fraction of sp³-hybridized carbons (Fsp3) is 0.357. The summed E-state index contributed by atoms with van der Waals surface area (Å²) >= 11 is 1.10. The van der Waals surface area contributed by atoms with Crippen molar-refractivity contribution in [2.45, 2.75) is 33.6 Å². The average Bonchev–Trinajstić information content (AvgIpc) is 2.85. The van der Waals surface area contributed by atoms with Gasteiger partial charge in [0.05, 0.1) is 17.1 Å². The quantitative estimate of drug-likeness (QED) is 0.851. The zero-order valence-corrected chi connectivity index (χ0v) is 12.8. The van der Waals surface area contributed by atoms with Crippen LogP contribution < -0.4 is 11.1 Å². The SMILES string of the molecule is Cc1cc(N)c(NC(=O)c2snnc2C(C)C)cc1C. The van der Waals surface area contributed by atoms with Crippen LogP contribution in [-0.2, 0) is 0 Å². The fourth-order valence-electron chi connectivity index (χ4n) is 1.86. The summed E-state index contributed by atoms with van der Waals surface area (Å²) in [5.41, 5.74) is 10.0. The van der Waals surface area contributed by atoms with Gasteiger partial charge in [0.1, 0.15) is 4.88 Å². The lowest BCUT2D eigenvalue weighted by atomic mass is 10.1. The molecule has 0 saturated heterocycles. The summed E-state index contributed by atoms with van der Waals surface area (Å²) in [5.74, 6) is -0.0507. The summed E-state index contributed by atoms with van der Waals surface area (Å²) in [5, 5.41) is 6.85. The normalized spacial score (nSPS) is 10.8. The van der Waals surface area contributed by atoms with Crippen LogP contribution in [-0.4, -0.2) is 15.5 Å². The van der Waals surface area contributed by atoms with Gasteiger partial charge in [-0.2, -0.15) is 0 Å². The van der Waals surface area contributed by atoms with Gasteiger partial charge in [-0.15, -0.1) is 5.10 Å². The molecular formula is C14H18N4OS. The third-order valence-corrected chi connectivity index (χ3v) is 3.92. The number of carbonyl (C=O) groups is 1. The molecule has 0 spiro atoms. The van der Waals surface area contributed by atoms with Crippen LogP contribution in [0.15, 0.2) is 12.1 Å². The van der Waals surface area contributed by atoms with Gasteiger partial charge in [-0.25, -0.2) is 0 Å². The van der Waals surface area contributed by atoms with Crippen molar-refractivity contribution in [2.75, 3.05) is 11.1 Å². The van der Waals surface area contributed by atoms with E-state index in [1.54, 1.807) is 0 Å². The first-order chi connectivity index (χ1) is 9.40. The maximum atomic E-state index is 12.3. The summed E-state index contributed by atoms with van der Waals surface area (Å²) in [4.78, 5) is 12.9. The second-order valence-corrected chi connectivity index (χ2v) is 5.87. The molecule has 2 rings (SSSR count). The van der Waals surface area contributed by atoms with E-state index in [1.165, 1.54) is 0 Å². The summed E-state index contributed by atoms with van der Waals surface area (Å²) in [6.45, 7) is 7.94. The van der Waals surface area contributed by atoms with Gasteiger partial charge in [-0.1, -0.05) is 18.3 Å². The molecule has 0 bridgehead atoms. The highest BCUT2D eigenvalue weighted by molar-refractivity contribution is 7.08. The monoisotopic (exact) mass is 290 g/mol. The molecule has 1 heterocycles. The molecule has 106 valence electrons. The minimum atomic E-state index is -0.210. The number of aryl methyl sites for hydroxylation is 2. The van der Waals surface area contributed by atoms with Gasteiger partial charge in [0.25, 0.3) is 5.91 Å². The molecule has 1 amide bonds. The van der Waals surface area contributed by atoms with E-state index in [0.717, 1.165) is 28.4 Å². The first-order valence-electron chi connectivity index (χ1n) is 6.40. The van der Waals surface area contributed by atoms with Crippen LogP contribution >= 0.6 is 11.5 Å². The molecule has 1 aromatic carbocycles. The highest BCUT2D eigenvalue weighted by Crippen LogP contribution is 2.25. The van der Waals surface area contributed by atoms with Crippen LogP contribution in [0.3, 0.4) is 0 Å². The summed E-state index contributed by atoms with van der Waals surface area (Å²) in [7, 11) is 0. The van der Waals surface area contributed by atoms with E-state index in [2.05, 4.69) is 14.9 Å². The molecule has 2 aromatic rings. The van der Waals surface area contributed by atoms with E-state index in [9.17, 15) is 4.79 Å². The molecule has 6 heteroatoms. The standard InChI is InChI=1S/C14H18N4OS/c1-7(2)12-13(20-18-17-12)14(19)16-11-6-9(4)8(3)5-10(11)15/h5-7H,15H2,1-4H3,(H,16,19). The zero-order valence-electron chi connectivity index (χ0n) is 12.0. The van der Waals surface area contributed by atoms with Crippen molar-refractivity contribution in [3.8, 4) is 0 Å². The number of amides is 1. The second kappa shape index (κ2) is 5.58. The Morgan fingerprint density at radius 2 is 1.95 bits per heavy atom. The van der Waals surface area contributed by atoms with Gasteiger partial charge in [0.15, 0.2) is 0 Å². The molecule has 0 fully saturated rings. The molecule has 20 heavy (non-hydrogen) atoms. The van der Waals surface area contributed by atoms with Crippen LogP contribution in [0.2, 0.25) is 0 Å². The maximum absolute atomic E-state index is 12.3. The number of carbonyl (C=O) groups excluding carboxylic acids is 1. The van der Waals surface area contributed by atoms with Gasteiger partial charge in [-0.05, 0) is 54.6 Å². The number of anilines is 2. The van der Waals surface area contributed by atoms with E-state index in [-0.39, 0.29) is 11.8 Å². The third-order valence-electron chi connectivity index (χ3n) is 3.18. The number of nitrogen functional groups attached to an aromatic ring is 1. The van der Waals surface area contributed by atoms with Crippen molar-refractivity contribution in [1.29, 1.82) is 0 Å². The predicted octanol–water partition coefficient (Wildman–Crippen LogP) is 3.11. The van der Waals surface area contributed by atoms with Crippen molar-refractivity contribution in [3.05, 3.63) is 33.8 Å². The molecule has 0 aliphatic heterocycles. The molecule has 1 aromatic heterocycles. The molecule has 0 atom stereocenters. The number of rotatable bonds is 3. The van der Waals surface area contributed by atoms with Crippen LogP contribution in [0.4, 0.5) is 11.4 Å². The Labute approximate surface area is 122 Å². The van der Waals surface area contributed by atoms with E-state index < -0.39 is 0 Å². The van der Waals surface area contributed by atoms with E-state index in [0.29, 0.717) is 16.3 Å². The summed E-state index contributed by atoms with van der Waals surface area (Å²) < 4.78 is 3.86. The Hall–Kier alpha value is -1.95. The zero-order chi connectivity index (χ0) is 14.9. The smallest absolute Gasteiger partial charge is 0.269 e. The first kappa shape index (κ1) is 14.5. The van der Waals surface area contributed by atoms with Crippen molar-refractivity contribution >= 4 is 28.8 Å². The van der Waals surface area contributed by atoms with Crippen molar-refractivity contribution in [1.82, 2.24) is 9.59 Å². The number of nitrogens with one attached hydrogen (secondary N) is 1. The second-order valence-electron chi connectivity index (χ2n) is 5.12. The molecular weight excluding hydrogens is 272 g/mol. The summed E-state index contributed by atoms with van der Waals surface area (Å²) in [6.07, 6.45) is 0. The Balaban J connectivity index is 2.28. The van der Waals surface area contributed by atoms with Crippen molar-refractivity contribution < 1.29 is 4.79 Å². The van der Waals surface area contributed by atoms with E-state index in [1.807, 2.05) is 39.8 Å². The van der Waals surface area contributed by atoms with E-state index in [4.69, 9.17) is 5.73 Å². The Kier molecular flexibility index (Phi) is 4.04. The predicted molar refractivity (Wildman–Crippen MR) is 82.3 cm³/mol. The van der Waals surface area contributed by atoms with Crippen LogP contribution in [0, 0.1) is 13.8 Å². The fourth-order valence-corrected chi connectivity index (χ4v) is 2.57. The lowest BCUT2D eigenvalue weighted by molar-refractivity contribution is 0.102. The van der Waals surface area contributed by atoms with Gasteiger partial charge in [0, 0.05) is 0 Å². The molecule has 0 saturated carbocycles. The van der Waals surface area contributed by atoms with Gasteiger partial charge in [0.2, 0.25) is 0 Å². The number of benzene rings is 1. The highest BCUT2D eigenvalue weighted by atomic mass is 32.1. The van der Waals surface area contributed by atoms with Crippen LogP contribution in [0.5, 0.6) is 0 Å². The van der Waals surface area contributed by atoms with Gasteiger partial charge in [-0.3, -0.25) is 4.79 Å². The number of hydrogen-bond donors (Lipinski definition) is 2. The van der Waals surface area contributed by atoms with Crippen LogP contribution in [0.1, 0.15) is 46.3 Å². The van der Waals surface area contributed by atoms with Crippen molar-refractivity contribution in [2.24, 2.45) is 0 Å². The molecule has 0 radical (unpaired) electrons. The van der Waals surface area contributed by atoms with Gasteiger partial charge < -0.3 is 11.1 Å². The maximum Gasteiger partial charge on any atom is 0.269 e. The Bertz CT molecular complexity index is 649. The number of aromatic nitrogens is 2. The van der Waals surface area contributed by atoms with Crippen molar-refractivity contribution in [3.63, 3.8) is 0 Å². The highest BCUT2D eigenvalue weighted by Gasteiger charge is 2.19. The molecule has 0 aliphatic rings. The molecule has 5 nitrogen and oxygen atoms in total. The number of hydrogen-bond acceptors (Lipinski definition) is 5. The lowest BCUT2D eigenvalue weighted by Gasteiger charge is -2.11. The Morgan fingerprint density at radius 1 is 1.30 bits per heavy atom. The number of nitrogens with zero attached hydrogens (tertiary/aromatic N) is 2. The lowest BCUT2D eigenvalue weighted by Crippen LogP contribution is -2.14. The molecule has 0 aliphatic carbocycles. The largest absolute Gasteiger partial charge is 0.397 e. The van der Waals surface area contributed by atoms with Crippen LogP contribution in [0.25, 0.3) is 0 Å². The van der Waals surface area contributed by atoms with E-state index >= 15 is 0 Å². The molecule has 3 N–H and O–H groups in total. The number of nitrogens with two attached hydrogens (primary N) is 1. The summed E-state index contributed by atoms with van der Waals surface area (Å²) in [6, 6.07) is 3.74. The Morgan fingerprint density at radius 3 is 2.60 bits per heavy atom. The first-order valence-corrected chi connectivity index (χ1v) is 7.17. The van der Waals surface area contributed by atoms with Gasteiger partial charge >= 0.3 is 0 Å². The topological polar surface area (TPSA) is 80.9 Å². The third kappa shape index (κ3) is 2.80. The minimum Gasteiger partial charge on any atom is -0.397 e.